The van der Waals surface area contributed by atoms with E-state index >= 15 is 0 Å². The van der Waals surface area contributed by atoms with E-state index in [2.05, 4.69) is 86.8 Å². The molecular weight excluding hydrogens is 322 g/mol. The number of likely N-dealkylation sites (N-methyl/N-ethyl adjacent to an activating group) is 1. The van der Waals surface area contributed by atoms with Crippen molar-refractivity contribution in [2.45, 2.75) is 61.4 Å². The second-order valence-corrected chi connectivity index (χ2v) is 10.8. The number of esters is 1. The number of rotatable bonds is 7. The molecule has 0 aliphatic rings. The highest BCUT2D eigenvalue weighted by atomic mass is 16.5. The van der Waals surface area contributed by atoms with Crippen LogP contribution in [0.2, 0.25) is 0 Å². The maximum Gasteiger partial charge on any atom is 0.312 e. The third-order valence-corrected chi connectivity index (χ3v) is 5.37. The van der Waals surface area contributed by atoms with Crippen LogP contribution in [0.15, 0.2) is 30.3 Å². The standard InChI is InChI=1S/C23H40NO2/c1-21(2,3)18-23(7,22(4,5)6)20(25)26-16-15-24(8,9)17-19-13-11-10-12-14-19/h10-14H,15-18H2,1-9H3/q+1. The minimum absolute atomic E-state index is 0.0698. The quantitative estimate of drug-likeness (QED) is 0.486. The summed E-state index contributed by atoms with van der Waals surface area (Å²) in [4.78, 5) is 13.0. The van der Waals surface area contributed by atoms with E-state index in [0.29, 0.717) is 6.61 Å². The maximum atomic E-state index is 13.0. The fourth-order valence-electron chi connectivity index (χ4n) is 3.41. The smallest absolute Gasteiger partial charge is 0.312 e. The number of hydrogen-bond acceptors (Lipinski definition) is 2. The van der Waals surface area contributed by atoms with Crippen molar-refractivity contribution < 1.29 is 14.0 Å². The van der Waals surface area contributed by atoms with Crippen LogP contribution in [-0.4, -0.2) is 37.7 Å². The molecule has 0 amide bonds. The highest BCUT2D eigenvalue weighted by Gasteiger charge is 2.47. The third kappa shape index (κ3) is 6.75. The largest absolute Gasteiger partial charge is 0.459 e. The lowest BCUT2D eigenvalue weighted by molar-refractivity contribution is -0.903. The zero-order valence-electron chi connectivity index (χ0n) is 18.5. The monoisotopic (exact) mass is 362 g/mol. The minimum Gasteiger partial charge on any atom is -0.459 e. The average Bonchev–Trinajstić information content (AvgIpc) is 2.44. The summed E-state index contributed by atoms with van der Waals surface area (Å²) in [6.07, 6.45) is 0.810. The van der Waals surface area contributed by atoms with E-state index in [4.69, 9.17) is 4.74 Å². The van der Waals surface area contributed by atoms with E-state index in [9.17, 15) is 4.79 Å². The third-order valence-electron chi connectivity index (χ3n) is 5.37. The van der Waals surface area contributed by atoms with Gasteiger partial charge in [0.1, 0.15) is 19.7 Å². The number of carbonyl (C=O) groups excluding carboxylic acids is 1. The first-order chi connectivity index (χ1) is 11.7. The zero-order chi connectivity index (χ0) is 20.2. The molecule has 1 aromatic rings. The van der Waals surface area contributed by atoms with Gasteiger partial charge in [-0.3, -0.25) is 4.79 Å². The highest BCUT2D eigenvalue weighted by molar-refractivity contribution is 5.77. The highest BCUT2D eigenvalue weighted by Crippen LogP contribution is 2.47. The average molecular weight is 363 g/mol. The van der Waals surface area contributed by atoms with Gasteiger partial charge in [-0.05, 0) is 24.2 Å². The molecule has 0 aliphatic heterocycles. The fraction of sp³-hybridized carbons (Fsp3) is 0.696. The lowest BCUT2D eigenvalue weighted by atomic mass is 9.61. The number of carbonyl (C=O) groups is 1. The van der Waals surface area contributed by atoms with E-state index in [1.165, 1.54) is 5.56 Å². The molecule has 1 unspecified atom stereocenters. The zero-order valence-corrected chi connectivity index (χ0v) is 18.5. The van der Waals surface area contributed by atoms with Gasteiger partial charge in [0.25, 0.3) is 0 Å². The van der Waals surface area contributed by atoms with Crippen molar-refractivity contribution in [3.8, 4) is 0 Å². The van der Waals surface area contributed by atoms with Crippen molar-refractivity contribution in [3.63, 3.8) is 0 Å². The van der Waals surface area contributed by atoms with E-state index in [-0.39, 0.29) is 16.8 Å². The van der Waals surface area contributed by atoms with Crippen LogP contribution in [0.5, 0.6) is 0 Å². The van der Waals surface area contributed by atoms with Crippen molar-refractivity contribution in [1.29, 1.82) is 0 Å². The van der Waals surface area contributed by atoms with Gasteiger partial charge in [-0.25, -0.2) is 0 Å². The molecule has 0 heterocycles. The van der Waals surface area contributed by atoms with E-state index in [0.717, 1.165) is 24.0 Å². The Morgan fingerprint density at radius 3 is 1.96 bits per heavy atom. The Kier molecular flexibility index (Phi) is 7.09. The van der Waals surface area contributed by atoms with Gasteiger partial charge in [-0.15, -0.1) is 0 Å². The number of quaternary nitrogens is 1. The number of benzene rings is 1. The van der Waals surface area contributed by atoms with Crippen LogP contribution in [0.25, 0.3) is 0 Å². The topological polar surface area (TPSA) is 26.3 Å². The lowest BCUT2D eigenvalue weighted by Crippen LogP contribution is -2.46. The molecule has 0 aromatic heterocycles. The molecule has 1 aromatic carbocycles. The SMILES string of the molecule is CC(C)(C)CC(C)(C(=O)OCC[N+](C)(C)Cc1ccccc1)C(C)(C)C. The molecule has 148 valence electrons. The number of hydrogen-bond donors (Lipinski definition) is 0. The summed E-state index contributed by atoms with van der Waals surface area (Å²) in [6.45, 7) is 17.2. The summed E-state index contributed by atoms with van der Waals surface area (Å²) in [5.74, 6) is -0.0698. The van der Waals surface area contributed by atoms with Crippen molar-refractivity contribution in [1.82, 2.24) is 0 Å². The molecule has 1 rings (SSSR count). The Morgan fingerprint density at radius 2 is 1.50 bits per heavy atom. The van der Waals surface area contributed by atoms with Gasteiger partial charge in [-0.2, -0.15) is 0 Å². The Labute approximate surface area is 161 Å². The summed E-state index contributed by atoms with van der Waals surface area (Å²) in [7, 11) is 4.36. The van der Waals surface area contributed by atoms with E-state index in [1.54, 1.807) is 0 Å². The molecule has 26 heavy (non-hydrogen) atoms. The van der Waals surface area contributed by atoms with Crippen molar-refractivity contribution in [3.05, 3.63) is 35.9 Å². The van der Waals surface area contributed by atoms with Crippen LogP contribution in [0, 0.1) is 16.2 Å². The van der Waals surface area contributed by atoms with Crippen molar-refractivity contribution in [2.24, 2.45) is 16.2 Å². The molecule has 0 N–H and O–H groups in total. The molecular formula is C23H40NO2+. The molecule has 0 aliphatic carbocycles. The number of ether oxygens (including phenoxy) is 1. The summed E-state index contributed by atoms with van der Waals surface area (Å²) >= 11 is 0. The second-order valence-electron chi connectivity index (χ2n) is 10.8. The Morgan fingerprint density at radius 1 is 0.962 bits per heavy atom. The molecule has 0 saturated carbocycles. The van der Waals surface area contributed by atoms with Gasteiger partial charge in [0.05, 0.1) is 19.5 Å². The van der Waals surface area contributed by atoms with Crippen LogP contribution >= 0.6 is 0 Å². The normalized spacial score (nSPS) is 15.4. The van der Waals surface area contributed by atoms with Gasteiger partial charge in [0.2, 0.25) is 0 Å². The van der Waals surface area contributed by atoms with Gasteiger partial charge in [0.15, 0.2) is 0 Å². The molecule has 3 heteroatoms. The lowest BCUT2D eigenvalue weighted by Gasteiger charge is -2.43. The Bertz CT molecular complexity index is 578. The van der Waals surface area contributed by atoms with Crippen LogP contribution < -0.4 is 0 Å². The Balaban J connectivity index is 2.70. The Hall–Kier alpha value is -1.35. The second kappa shape index (κ2) is 8.12. The van der Waals surface area contributed by atoms with Crippen LogP contribution in [0.4, 0.5) is 0 Å². The van der Waals surface area contributed by atoms with Gasteiger partial charge >= 0.3 is 5.97 Å². The summed E-state index contributed by atoms with van der Waals surface area (Å²) < 4.78 is 6.59. The predicted molar refractivity (Wildman–Crippen MR) is 110 cm³/mol. The number of nitrogens with zero attached hydrogens (tertiary/aromatic N) is 1. The van der Waals surface area contributed by atoms with E-state index in [1.807, 2.05) is 6.07 Å². The first-order valence-corrected chi connectivity index (χ1v) is 9.70. The molecule has 1 atom stereocenters. The van der Waals surface area contributed by atoms with Crippen LogP contribution in [-0.2, 0) is 16.1 Å². The molecule has 0 spiro atoms. The molecule has 3 nitrogen and oxygen atoms in total. The fourth-order valence-corrected chi connectivity index (χ4v) is 3.41. The first kappa shape index (κ1) is 22.7. The molecule has 0 fully saturated rings. The first-order valence-electron chi connectivity index (χ1n) is 9.70. The predicted octanol–water partition coefficient (Wildman–Crippen LogP) is 5.29. The maximum absolute atomic E-state index is 13.0. The molecule has 0 bridgehead atoms. The summed E-state index contributed by atoms with van der Waals surface area (Å²) in [6, 6.07) is 10.5. The van der Waals surface area contributed by atoms with Crippen molar-refractivity contribution in [2.75, 3.05) is 27.2 Å². The minimum atomic E-state index is -0.498. The van der Waals surface area contributed by atoms with Crippen LogP contribution in [0.3, 0.4) is 0 Å². The van der Waals surface area contributed by atoms with Crippen molar-refractivity contribution >= 4 is 5.97 Å². The van der Waals surface area contributed by atoms with E-state index < -0.39 is 5.41 Å². The summed E-state index contributed by atoms with van der Waals surface area (Å²) in [5, 5.41) is 0. The van der Waals surface area contributed by atoms with Gasteiger partial charge < -0.3 is 9.22 Å². The molecule has 0 saturated heterocycles. The van der Waals surface area contributed by atoms with Gasteiger partial charge in [-0.1, -0.05) is 71.9 Å². The van der Waals surface area contributed by atoms with Crippen LogP contribution in [0.1, 0.15) is 60.5 Å². The van der Waals surface area contributed by atoms with Gasteiger partial charge in [0, 0.05) is 5.56 Å². The molecule has 0 radical (unpaired) electrons. The summed E-state index contributed by atoms with van der Waals surface area (Å²) in [5.41, 5.74) is 0.730.